The van der Waals surface area contributed by atoms with Gasteiger partial charge in [0.15, 0.2) is 17.0 Å². The molecule has 2 aliphatic rings. The number of hydrogen-bond acceptors (Lipinski definition) is 8. The number of ether oxygens (including phenoxy) is 2. The highest BCUT2D eigenvalue weighted by Crippen LogP contribution is 2.31. The molecule has 0 amide bonds. The number of anilines is 1. The van der Waals surface area contributed by atoms with Crippen molar-refractivity contribution in [2.45, 2.75) is 40.2 Å². The summed E-state index contributed by atoms with van der Waals surface area (Å²) in [5.41, 5.74) is 2.58. The molecule has 10 heteroatoms. The van der Waals surface area contributed by atoms with Crippen LogP contribution in [0.2, 0.25) is 0 Å². The van der Waals surface area contributed by atoms with Gasteiger partial charge in [0, 0.05) is 20.1 Å². The Morgan fingerprint density at radius 1 is 1.03 bits per heavy atom. The number of fused-ring (bicyclic) bond motifs is 2. The number of likely N-dealkylation sites (tertiary alicyclic amines) is 1. The van der Waals surface area contributed by atoms with Gasteiger partial charge in [0.2, 0.25) is 5.88 Å². The van der Waals surface area contributed by atoms with Crippen molar-refractivity contribution < 1.29 is 9.47 Å². The first-order valence-corrected chi connectivity index (χ1v) is 13.9. The molecule has 2 aliphatic heterocycles. The van der Waals surface area contributed by atoms with E-state index in [-0.39, 0.29) is 0 Å². The Hall–Kier alpha value is -3.24. The third-order valence-electron chi connectivity index (χ3n) is 8.06. The largest absolute Gasteiger partial charge is 0.476 e. The average molecular weight is 519 g/mol. The Morgan fingerprint density at radius 2 is 1.79 bits per heavy atom. The highest BCUT2D eigenvalue weighted by molar-refractivity contribution is 5.87. The van der Waals surface area contributed by atoms with Crippen LogP contribution in [-0.4, -0.2) is 80.2 Å². The van der Waals surface area contributed by atoms with Crippen molar-refractivity contribution in [1.29, 1.82) is 0 Å². The van der Waals surface area contributed by atoms with Crippen molar-refractivity contribution in [2.75, 3.05) is 50.9 Å². The molecule has 0 spiro atoms. The topological polar surface area (TPSA) is 86.4 Å². The number of nitrogens with zero attached hydrogens (tertiary/aromatic N) is 8. The summed E-state index contributed by atoms with van der Waals surface area (Å²) in [6.07, 6.45) is 2.50. The second-order valence-electron chi connectivity index (χ2n) is 10.7. The maximum atomic E-state index is 5.85. The van der Waals surface area contributed by atoms with Gasteiger partial charge in [0.05, 0.1) is 37.3 Å². The van der Waals surface area contributed by atoms with Crippen molar-refractivity contribution in [3.63, 3.8) is 0 Å². The van der Waals surface area contributed by atoms with Gasteiger partial charge in [0.25, 0.3) is 5.95 Å². The molecule has 202 valence electrons. The fourth-order valence-electron chi connectivity index (χ4n) is 5.72. The van der Waals surface area contributed by atoms with Crippen molar-refractivity contribution in [2.24, 2.45) is 18.9 Å². The van der Waals surface area contributed by atoms with E-state index in [2.05, 4.69) is 35.3 Å². The lowest BCUT2D eigenvalue weighted by molar-refractivity contribution is 0.122. The number of aryl methyl sites for hydroxylation is 1. The Morgan fingerprint density at radius 3 is 2.53 bits per heavy atom. The smallest absolute Gasteiger partial charge is 0.255 e. The number of imidazole rings is 1. The molecule has 0 radical (unpaired) electrons. The molecule has 5 heterocycles. The molecule has 38 heavy (non-hydrogen) atoms. The van der Waals surface area contributed by atoms with Crippen LogP contribution in [0, 0.1) is 11.8 Å². The van der Waals surface area contributed by atoms with Crippen LogP contribution in [0.4, 0.5) is 5.82 Å². The lowest BCUT2D eigenvalue weighted by Gasteiger charge is -2.33. The molecule has 10 nitrogen and oxygen atoms in total. The third kappa shape index (κ3) is 4.60. The van der Waals surface area contributed by atoms with Crippen LogP contribution in [0.5, 0.6) is 5.88 Å². The van der Waals surface area contributed by atoms with Gasteiger partial charge in [-0.05, 0) is 56.8 Å². The maximum absolute atomic E-state index is 5.85. The summed E-state index contributed by atoms with van der Waals surface area (Å²) in [7, 11) is 2.07. The molecule has 0 saturated carbocycles. The Balaban J connectivity index is 1.42. The summed E-state index contributed by atoms with van der Waals surface area (Å²) in [5.74, 6) is 4.54. The fraction of sp³-hybridized carbons (Fsp3) is 0.571. The molecule has 3 aromatic heterocycles. The second kappa shape index (κ2) is 10.5. The Labute approximate surface area is 223 Å². The highest BCUT2D eigenvalue weighted by atomic mass is 16.5. The highest BCUT2D eigenvalue weighted by Gasteiger charge is 2.26. The van der Waals surface area contributed by atoms with E-state index in [1.807, 2.05) is 31.2 Å². The first-order valence-electron chi connectivity index (χ1n) is 13.9. The van der Waals surface area contributed by atoms with Crippen LogP contribution < -0.4 is 9.64 Å². The number of para-hydroxylation sites is 1. The Kier molecular flexibility index (Phi) is 6.92. The predicted molar refractivity (Wildman–Crippen MR) is 148 cm³/mol. The summed E-state index contributed by atoms with van der Waals surface area (Å²) in [4.78, 5) is 20.0. The molecule has 6 rings (SSSR count). The molecule has 0 aliphatic carbocycles. The normalized spacial score (nSPS) is 17.8. The molecular formula is C28H38N8O2. The summed E-state index contributed by atoms with van der Waals surface area (Å²) >= 11 is 0. The quantitative estimate of drug-likeness (QED) is 0.365. The first kappa shape index (κ1) is 25.1. The van der Waals surface area contributed by atoms with Gasteiger partial charge >= 0.3 is 0 Å². The summed E-state index contributed by atoms with van der Waals surface area (Å²) in [6.45, 7) is 13.1. The molecule has 2 fully saturated rings. The van der Waals surface area contributed by atoms with E-state index in [0.717, 1.165) is 78.3 Å². The first-order chi connectivity index (χ1) is 18.5. The zero-order valence-electron chi connectivity index (χ0n) is 22.9. The fourth-order valence-corrected chi connectivity index (χ4v) is 5.72. The van der Waals surface area contributed by atoms with E-state index in [0.29, 0.717) is 31.6 Å². The molecule has 2 saturated heterocycles. The van der Waals surface area contributed by atoms with Crippen LogP contribution in [0.1, 0.15) is 39.4 Å². The molecule has 0 N–H and O–H groups in total. The zero-order valence-corrected chi connectivity index (χ0v) is 22.9. The van der Waals surface area contributed by atoms with Crippen LogP contribution in [-0.2, 0) is 18.3 Å². The van der Waals surface area contributed by atoms with Crippen molar-refractivity contribution in [3.05, 3.63) is 30.1 Å². The van der Waals surface area contributed by atoms with E-state index in [1.54, 1.807) is 4.68 Å². The number of rotatable bonds is 7. The summed E-state index contributed by atoms with van der Waals surface area (Å²) < 4.78 is 15.4. The van der Waals surface area contributed by atoms with Gasteiger partial charge in [-0.1, -0.05) is 26.0 Å². The minimum atomic E-state index is 0.522. The zero-order chi connectivity index (χ0) is 26.2. The van der Waals surface area contributed by atoms with Crippen LogP contribution in [0.25, 0.3) is 28.0 Å². The van der Waals surface area contributed by atoms with E-state index in [4.69, 9.17) is 29.5 Å². The van der Waals surface area contributed by atoms with Gasteiger partial charge in [0.1, 0.15) is 5.82 Å². The number of benzene rings is 1. The molecule has 4 aromatic rings. The van der Waals surface area contributed by atoms with E-state index in [1.165, 1.54) is 12.8 Å². The molecular weight excluding hydrogens is 480 g/mol. The van der Waals surface area contributed by atoms with Crippen molar-refractivity contribution in [1.82, 2.24) is 34.2 Å². The lowest BCUT2D eigenvalue weighted by atomic mass is 9.87. The minimum Gasteiger partial charge on any atom is -0.476 e. The maximum Gasteiger partial charge on any atom is 0.255 e. The van der Waals surface area contributed by atoms with E-state index >= 15 is 0 Å². The molecule has 0 unspecified atom stereocenters. The monoisotopic (exact) mass is 518 g/mol. The number of morpholine rings is 1. The van der Waals surface area contributed by atoms with Crippen LogP contribution in [0.15, 0.2) is 24.3 Å². The van der Waals surface area contributed by atoms with Crippen LogP contribution >= 0.6 is 0 Å². The number of piperidine rings is 1. The predicted octanol–water partition coefficient (Wildman–Crippen LogP) is 3.81. The second-order valence-corrected chi connectivity index (χ2v) is 10.7. The molecule has 1 aromatic carbocycles. The van der Waals surface area contributed by atoms with Gasteiger partial charge < -0.3 is 18.9 Å². The van der Waals surface area contributed by atoms with Gasteiger partial charge in [-0.25, -0.2) is 4.98 Å². The minimum absolute atomic E-state index is 0.522. The third-order valence-corrected chi connectivity index (χ3v) is 8.06. The van der Waals surface area contributed by atoms with Crippen LogP contribution in [0.3, 0.4) is 0 Å². The van der Waals surface area contributed by atoms with Crippen molar-refractivity contribution in [3.8, 4) is 11.8 Å². The Bertz CT molecular complexity index is 1410. The SMILES string of the molecule is CCOc1nn(-c2nc(N3CCOCC3)c3nc(CN4CCC(C(C)C)CC4)n(C)c3n2)c2ccccc12. The van der Waals surface area contributed by atoms with Gasteiger partial charge in [-0.15, -0.1) is 5.10 Å². The molecule has 0 atom stereocenters. The van der Waals surface area contributed by atoms with E-state index < -0.39 is 0 Å². The molecule has 0 bridgehead atoms. The number of hydrogen-bond donors (Lipinski definition) is 0. The van der Waals surface area contributed by atoms with E-state index in [9.17, 15) is 0 Å². The van der Waals surface area contributed by atoms with Gasteiger partial charge in [-0.3, -0.25) is 4.90 Å². The number of aromatic nitrogens is 6. The standard InChI is InChI=1S/C28H38N8O2/c1-5-38-27-21-8-6-7-9-22(21)36(32-27)28-30-25-24(26(31-28)35-14-16-37-17-15-35)29-23(33(25)4)18-34-12-10-20(11-13-34)19(2)3/h6-9,19-20H,5,10-18H2,1-4H3. The summed E-state index contributed by atoms with van der Waals surface area (Å²) in [5, 5.41) is 5.73. The summed E-state index contributed by atoms with van der Waals surface area (Å²) in [6, 6.07) is 8.05. The average Bonchev–Trinajstić information content (AvgIpc) is 3.47. The lowest BCUT2D eigenvalue weighted by Crippen LogP contribution is -2.37. The van der Waals surface area contributed by atoms with Crippen molar-refractivity contribution >= 4 is 27.9 Å². The van der Waals surface area contributed by atoms with Gasteiger partial charge in [-0.2, -0.15) is 14.6 Å².